The summed E-state index contributed by atoms with van der Waals surface area (Å²) in [6.45, 7) is 2.68. The molecule has 2 aromatic carbocycles. The molecule has 0 aliphatic rings. The summed E-state index contributed by atoms with van der Waals surface area (Å²) in [7, 11) is 0. The zero-order valence-electron chi connectivity index (χ0n) is 11.0. The number of aryl methyl sites for hydroxylation is 1. The fourth-order valence-electron chi connectivity index (χ4n) is 1.74. The van der Waals surface area contributed by atoms with Crippen molar-refractivity contribution in [2.75, 3.05) is 17.2 Å². The molecule has 0 fully saturated rings. The minimum absolute atomic E-state index is 0.0193. The first-order valence-corrected chi connectivity index (χ1v) is 6.39. The lowest BCUT2D eigenvalue weighted by atomic mass is 10.2. The molecule has 98 valence electrons. The molecule has 2 N–H and O–H groups in total. The maximum absolute atomic E-state index is 11.7. The molecule has 0 aliphatic carbocycles. The molecule has 19 heavy (non-hydrogen) atoms. The number of rotatable bonds is 5. The Bertz CT molecular complexity index is 520. The molecule has 3 nitrogen and oxygen atoms in total. The predicted octanol–water partition coefficient (Wildman–Crippen LogP) is 3.44. The number of hydrogen-bond donors (Lipinski definition) is 2. The van der Waals surface area contributed by atoms with Crippen LogP contribution in [0, 0.1) is 6.92 Å². The zero-order valence-corrected chi connectivity index (χ0v) is 11.0. The Balaban J connectivity index is 1.74. The Hall–Kier alpha value is -2.29. The van der Waals surface area contributed by atoms with Crippen molar-refractivity contribution < 1.29 is 4.79 Å². The molecule has 0 atom stereocenters. The molecule has 0 bridgehead atoms. The van der Waals surface area contributed by atoms with Gasteiger partial charge in [0.25, 0.3) is 0 Å². The zero-order chi connectivity index (χ0) is 13.5. The fourth-order valence-corrected chi connectivity index (χ4v) is 1.74. The summed E-state index contributed by atoms with van der Waals surface area (Å²) in [5.41, 5.74) is 3.10. The predicted molar refractivity (Wildman–Crippen MR) is 79.4 cm³/mol. The molecule has 0 saturated heterocycles. The molecule has 0 saturated carbocycles. The SMILES string of the molecule is Cc1ccc(NCCC(=O)Nc2ccccc2)cc1. The third-order valence-corrected chi connectivity index (χ3v) is 2.79. The summed E-state index contributed by atoms with van der Waals surface area (Å²) in [4.78, 5) is 11.7. The number of hydrogen-bond acceptors (Lipinski definition) is 2. The van der Waals surface area contributed by atoms with Gasteiger partial charge in [-0.1, -0.05) is 35.9 Å². The maximum Gasteiger partial charge on any atom is 0.226 e. The summed E-state index contributed by atoms with van der Waals surface area (Å²) in [5.74, 6) is 0.0193. The molecule has 0 unspecified atom stereocenters. The van der Waals surface area contributed by atoms with Crippen LogP contribution in [-0.2, 0) is 4.79 Å². The number of carbonyl (C=O) groups excluding carboxylic acids is 1. The van der Waals surface area contributed by atoms with Crippen LogP contribution in [0.15, 0.2) is 54.6 Å². The van der Waals surface area contributed by atoms with E-state index in [-0.39, 0.29) is 5.91 Å². The maximum atomic E-state index is 11.7. The van der Waals surface area contributed by atoms with Crippen LogP contribution in [0.2, 0.25) is 0 Å². The number of nitrogens with one attached hydrogen (secondary N) is 2. The van der Waals surface area contributed by atoms with Gasteiger partial charge in [0.15, 0.2) is 0 Å². The van der Waals surface area contributed by atoms with E-state index in [1.807, 2.05) is 54.6 Å². The van der Waals surface area contributed by atoms with Gasteiger partial charge in [-0.05, 0) is 31.2 Å². The molecule has 1 amide bonds. The normalized spacial score (nSPS) is 9.95. The highest BCUT2D eigenvalue weighted by Crippen LogP contribution is 2.09. The smallest absolute Gasteiger partial charge is 0.226 e. The first kappa shape index (κ1) is 13.1. The Morgan fingerprint density at radius 2 is 1.63 bits per heavy atom. The van der Waals surface area contributed by atoms with Gasteiger partial charge in [0.05, 0.1) is 0 Å². The number of para-hydroxylation sites is 1. The van der Waals surface area contributed by atoms with Crippen LogP contribution in [0.5, 0.6) is 0 Å². The summed E-state index contributed by atoms with van der Waals surface area (Å²) < 4.78 is 0. The second-order valence-corrected chi connectivity index (χ2v) is 4.46. The highest BCUT2D eigenvalue weighted by atomic mass is 16.1. The van der Waals surface area contributed by atoms with E-state index in [4.69, 9.17) is 0 Å². The van der Waals surface area contributed by atoms with Crippen LogP contribution in [0.3, 0.4) is 0 Å². The Labute approximate surface area is 113 Å². The lowest BCUT2D eigenvalue weighted by molar-refractivity contribution is -0.115. The molecule has 0 radical (unpaired) electrons. The van der Waals surface area contributed by atoms with Crippen molar-refractivity contribution in [2.45, 2.75) is 13.3 Å². The van der Waals surface area contributed by atoms with Gasteiger partial charge < -0.3 is 10.6 Å². The number of carbonyl (C=O) groups is 1. The third-order valence-electron chi connectivity index (χ3n) is 2.79. The van der Waals surface area contributed by atoms with Gasteiger partial charge in [-0.15, -0.1) is 0 Å². The van der Waals surface area contributed by atoms with Gasteiger partial charge in [0.2, 0.25) is 5.91 Å². The first-order valence-electron chi connectivity index (χ1n) is 6.39. The van der Waals surface area contributed by atoms with Crippen LogP contribution in [0.1, 0.15) is 12.0 Å². The molecule has 0 aromatic heterocycles. The Kier molecular flexibility index (Phi) is 4.56. The molecule has 2 rings (SSSR count). The average Bonchev–Trinajstić information content (AvgIpc) is 2.42. The van der Waals surface area contributed by atoms with Crippen molar-refractivity contribution in [1.82, 2.24) is 0 Å². The van der Waals surface area contributed by atoms with Gasteiger partial charge in [0, 0.05) is 24.3 Å². The van der Waals surface area contributed by atoms with Crippen molar-refractivity contribution in [1.29, 1.82) is 0 Å². The fraction of sp³-hybridized carbons (Fsp3) is 0.188. The standard InChI is InChI=1S/C16H18N2O/c1-13-7-9-14(10-8-13)17-12-11-16(19)18-15-5-3-2-4-6-15/h2-10,17H,11-12H2,1H3,(H,18,19). The van der Waals surface area contributed by atoms with E-state index in [0.29, 0.717) is 13.0 Å². The highest BCUT2D eigenvalue weighted by molar-refractivity contribution is 5.90. The number of benzene rings is 2. The second kappa shape index (κ2) is 6.59. The van der Waals surface area contributed by atoms with Crippen LogP contribution in [0.25, 0.3) is 0 Å². The van der Waals surface area contributed by atoms with E-state index < -0.39 is 0 Å². The number of amides is 1. The minimum atomic E-state index is 0.0193. The molecular weight excluding hydrogens is 236 g/mol. The lowest BCUT2D eigenvalue weighted by Crippen LogP contribution is -2.16. The lowest BCUT2D eigenvalue weighted by Gasteiger charge is -2.07. The second-order valence-electron chi connectivity index (χ2n) is 4.46. The summed E-state index contributed by atoms with van der Waals surface area (Å²) in [6.07, 6.45) is 0.447. The molecule has 0 spiro atoms. The van der Waals surface area contributed by atoms with Gasteiger partial charge in [-0.2, -0.15) is 0 Å². The quantitative estimate of drug-likeness (QED) is 0.858. The van der Waals surface area contributed by atoms with Gasteiger partial charge in [-0.3, -0.25) is 4.79 Å². The summed E-state index contributed by atoms with van der Waals surface area (Å²) in [6, 6.07) is 17.6. The van der Waals surface area contributed by atoms with E-state index in [2.05, 4.69) is 17.6 Å². The van der Waals surface area contributed by atoms with Crippen molar-refractivity contribution in [3.63, 3.8) is 0 Å². The monoisotopic (exact) mass is 254 g/mol. The van der Waals surface area contributed by atoms with Crippen molar-refractivity contribution in [2.24, 2.45) is 0 Å². The Morgan fingerprint density at radius 3 is 2.32 bits per heavy atom. The van der Waals surface area contributed by atoms with E-state index in [9.17, 15) is 4.79 Å². The van der Waals surface area contributed by atoms with Crippen molar-refractivity contribution >= 4 is 17.3 Å². The minimum Gasteiger partial charge on any atom is -0.385 e. The van der Waals surface area contributed by atoms with Crippen LogP contribution < -0.4 is 10.6 Å². The van der Waals surface area contributed by atoms with Crippen LogP contribution in [0.4, 0.5) is 11.4 Å². The van der Waals surface area contributed by atoms with Gasteiger partial charge in [-0.25, -0.2) is 0 Å². The van der Waals surface area contributed by atoms with E-state index in [1.165, 1.54) is 5.56 Å². The van der Waals surface area contributed by atoms with E-state index in [1.54, 1.807) is 0 Å². The van der Waals surface area contributed by atoms with Gasteiger partial charge in [0.1, 0.15) is 0 Å². The topological polar surface area (TPSA) is 41.1 Å². The largest absolute Gasteiger partial charge is 0.385 e. The van der Waals surface area contributed by atoms with Crippen LogP contribution >= 0.6 is 0 Å². The molecule has 0 heterocycles. The average molecular weight is 254 g/mol. The molecule has 3 heteroatoms. The van der Waals surface area contributed by atoms with E-state index in [0.717, 1.165) is 11.4 Å². The highest BCUT2D eigenvalue weighted by Gasteiger charge is 2.01. The number of anilines is 2. The van der Waals surface area contributed by atoms with Crippen molar-refractivity contribution in [3.8, 4) is 0 Å². The summed E-state index contributed by atoms with van der Waals surface area (Å²) >= 11 is 0. The molecule has 2 aromatic rings. The van der Waals surface area contributed by atoms with Crippen molar-refractivity contribution in [3.05, 3.63) is 60.2 Å². The first-order chi connectivity index (χ1) is 9.24. The van der Waals surface area contributed by atoms with Crippen LogP contribution in [-0.4, -0.2) is 12.5 Å². The molecule has 0 aliphatic heterocycles. The summed E-state index contributed by atoms with van der Waals surface area (Å²) in [5, 5.41) is 6.09. The Morgan fingerprint density at radius 1 is 0.947 bits per heavy atom. The third kappa shape index (κ3) is 4.47. The van der Waals surface area contributed by atoms with Gasteiger partial charge >= 0.3 is 0 Å². The van der Waals surface area contributed by atoms with E-state index >= 15 is 0 Å². The molecular formula is C16H18N2O.